The van der Waals surface area contributed by atoms with Crippen LogP contribution in [0.3, 0.4) is 0 Å². The van der Waals surface area contributed by atoms with E-state index in [0.717, 1.165) is 5.56 Å². The minimum absolute atomic E-state index is 0.0381. The Morgan fingerprint density at radius 2 is 1.95 bits per heavy atom. The van der Waals surface area contributed by atoms with Gasteiger partial charge in [-0.25, -0.2) is 9.78 Å². The predicted molar refractivity (Wildman–Crippen MR) is 150 cm³/mol. The zero-order chi connectivity index (χ0) is 28.0. The summed E-state index contributed by atoms with van der Waals surface area (Å²) < 4.78 is 1.34. The topological polar surface area (TPSA) is 181 Å². The maximum Gasteiger partial charge on any atom is 0.324 e. The third kappa shape index (κ3) is 6.76. The van der Waals surface area contributed by atoms with E-state index in [-0.39, 0.29) is 36.7 Å². The quantitative estimate of drug-likeness (QED) is 0.225. The Bertz CT molecular complexity index is 1450. The molecule has 1 heterocycles. The highest BCUT2D eigenvalue weighted by Gasteiger charge is 2.29. The summed E-state index contributed by atoms with van der Waals surface area (Å²) in [5.41, 5.74) is 12.7. The Morgan fingerprint density at radius 3 is 2.62 bits per heavy atom. The Morgan fingerprint density at radius 1 is 1.18 bits per heavy atom. The summed E-state index contributed by atoms with van der Waals surface area (Å²) in [6, 6.07) is 6.10. The highest BCUT2D eigenvalue weighted by atomic mass is 16.2. The Kier molecular flexibility index (Phi) is 8.21. The van der Waals surface area contributed by atoms with Gasteiger partial charge in [-0.3, -0.25) is 24.9 Å². The van der Waals surface area contributed by atoms with Gasteiger partial charge in [-0.15, -0.1) is 0 Å². The summed E-state index contributed by atoms with van der Waals surface area (Å²) in [5.74, 6) is -0.627. The summed E-state index contributed by atoms with van der Waals surface area (Å²) in [6.45, 7) is 1.91. The van der Waals surface area contributed by atoms with Crippen LogP contribution in [0.15, 0.2) is 83.5 Å². The van der Waals surface area contributed by atoms with Crippen molar-refractivity contribution >= 4 is 23.6 Å². The molecule has 2 aromatic rings. The molecule has 11 heteroatoms. The van der Waals surface area contributed by atoms with Crippen LogP contribution in [0.4, 0.5) is 10.6 Å². The van der Waals surface area contributed by atoms with Crippen LogP contribution in [0.2, 0.25) is 0 Å². The summed E-state index contributed by atoms with van der Waals surface area (Å²) in [6.07, 6.45) is 15.9. The molecule has 4 rings (SSSR count). The van der Waals surface area contributed by atoms with Crippen LogP contribution < -0.4 is 33.0 Å². The number of nitrogens with one attached hydrogen (secondary N) is 4. The summed E-state index contributed by atoms with van der Waals surface area (Å²) in [7, 11) is 0. The number of hydrogen-bond acceptors (Lipinski definition) is 6. The van der Waals surface area contributed by atoms with E-state index in [2.05, 4.69) is 20.9 Å². The number of allylic oxidation sites excluding steroid dienone is 5. The molecule has 0 fully saturated rings. The van der Waals surface area contributed by atoms with Gasteiger partial charge in [0.2, 0.25) is 11.7 Å². The Hall–Kier alpha value is -4.77. The van der Waals surface area contributed by atoms with Crippen molar-refractivity contribution in [1.29, 1.82) is 5.41 Å². The molecule has 0 bridgehead atoms. The molecule has 0 aliphatic heterocycles. The maximum atomic E-state index is 13.5. The largest absolute Gasteiger partial charge is 0.384 e. The first-order chi connectivity index (χ1) is 18.6. The van der Waals surface area contributed by atoms with Gasteiger partial charge in [-0.05, 0) is 30.6 Å². The van der Waals surface area contributed by atoms with Crippen molar-refractivity contribution in [3.63, 3.8) is 0 Å². The summed E-state index contributed by atoms with van der Waals surface area (Å²) in [5, 5.41) is 15.5. The number of carbonyl (C=O) groups excluding carboxylic acids is 2. The third-order valence-corrected chi connectivity index (χ3v) is 6.54. The molecule has 2 aliphatic rings. The van der Waals surface area contributed by atoms with Crippen LogP contribution in [0.1, 0.15) is 36.6 Å². The van der Waals surface area contributed by atoms with E-state index in [1.807, 2.05) is 37.3 Å². The number of benzene rings is 1. The fourth-order valence-corrected chi connectivity index (χ4v) is 4.37. The van der Waals surface area contributed by atoms with Gasteiger partial charge in [0.15, 0.2) is 0 Å². The van der Waals surface area contributed by atoms with Gasteiger partial charge in [-0.2, -0.15) is 0 Å². The van der Waals surface area contributed by atoms with Crippen LogP contribution in [-0.2, 0) is 23.3 Å². The van der Waals surface area contributed by atoms with Crippen molar-refractivity contribution < 1.29 is 9.59 Å². The molecular weight excluding hydrogens is 496 g/mol. The molecule has 1 aromatic carbocycles. The van der Waals surface area contributed by atoms with Gasteiger partial charge in [-0.1, -0.05) is 61.6 Å². The van der Waals surface area contributed by atoms with Crippen molar-refractivity contribution in [3.05, 3.63) is 106 Å². The average Bonchev–Trinajstić information content (AvgIpc) is 2.90. The highest BCUT2D eigenvalue weighted by molar-refractivity contribution is 5.94. The van der Waals surface area contributed by atoms with E-state index in [1.165, 1.54) is 10.8 Å². The average molecular weight is 529 g/mol. The molecular formula is C28H32N8O3. The van der Waals surface area contributed by atoms with Crippen molar-refractivity contribution in [2.24, 2.45) is 11.5 Å². The van der Waals surface area contributed by atoms with Crippen LogP contribution in [-0.4, -0.2) is 33.4 Å². The second-order valence-corrected chi connectivity index (χ2v) is 9.68. The number of nitrogens with two attached hydrogens (primary N) is 2. The van der Waals surface area contributed by atoms with E-state index in [0.29, 0.717) is 29.8 Å². The maximum absolute atomic E-state index is 13.5. The summed E-state index contributed by atoms with van der Waals surface area (Å²) >= 11 is 0. The number of aromatic nitrogens is 2. The normalized spacial score (nSPS) is 19.7. The van der Waals surface area contributed by atoms with Gasteiger partial charge >= 0.3 is 6.03 Å². The first-order valence-corrected chi connectivity index (χ1v) is 12.5. The van der Waals surface area contributed by atoms with Crippen molar-refractivity contribution in [2.45, 2.75) is 44.3 Å². The lowest BCUT2D eigenvalue weighted by Crippen LogP contribution is -2.40. The molecule has 8 N–H and O–H groups in total. The molecule has 2 atom stereocenters. The van der Waals surface area contributed by atoms with Crippen LogP contribution in [0.5, 0.6) is 0 Å². The van der Waals surface area contributed by atoms with Gasteiger partial charge in [0.25, 0.3) is 5.56 Å². The van der Waals surface area contributed by atoms with Crippen LogP contribution in [0, 0.1) is 5.41 Å². The second kappa shape index (κ2) is 11.7. The standard InChI is InChI=1S/C28H32N8O3/c1-28(12-3-2-4-13-28)22-16-33-25(35-27(39)34-21-7-5-6-20(29)14-21)26(38)36(22)17-23(37)32-15-18-8-10-19(11-9-18)24(30)31/h2-5,7-12,14,16,20H,6,13,15,17,29H2,1H3,(H3,30,31)(H,32,37)(H2,33,34,35,39). The minimum Gasteiger partial charge on any atom is -0.384 e. The van der Waals surface area contributed by atoms with Gasteiger partial charge < -0.3 is 22.1 Å². The second-order valence-electron chi connectivity index (χ2n) is 9.68. The third-order valence-electron chi connectivity index (χ3n) is 6.54. The lowest BCUT2D eigenvalue weighted by molar-refractivity contribution is -0.121. The highest BCUT2D eigenvalue weighted by Crippen LogP contribution is 2.31. The molecule has 202 valence electrons. The Balaban J connectivity index is 1.54. The van der Waals surface area contributed by atoms with E-state index in [9.17, 15) is 14.4 Å². The number of urea groups is 1. The molecule has 3 amide bonds. The van der Waals surface area contributed by atoms with Crippen molar-refractivity contribution in [2.75, 3.05) is 5.32 Å². The number of nitrogen functional groups attached to an aromatic ring is 1. The smallest absolute Gasteiger partial charge is 0.324 e. The molecule has 0 spiro atoms. The zero-order valence-electron chi connectivity index (χ0n) is 21.6. The van der Waals surface area contributed by atoms with Gasteiger partial charge in [0.05, 0.1) is 5.69 Å². The lowest BCUT2D eigenvalue weighted by Gasteiger charge is -2.29. The van der Waals surface area contributed by atoms with E-state index in [1.54, 1.807) is 36.4 Å². The number of nitrogens with zero attached hydrogens (tertiary/aromatic N) is 2. The van der Waals surface area contributed by atoms with Crippen molar-refractivity contribution in [3.8, 4) is 0 Å². The van der Waals surface area contributed by atoms with Crippen LogP contribution in [0.25, 0.3) is 0 Å². The van der Waals surface area contributed by atoms with E-state index in [4.69, 9.17) is 16.9 Å². The number of rotatable bonds is 8. The van der Waals surface area contributed by atoms with Gasteiger partial charge in [0, 0.05) is 35.5 Å². The number of amidine groups is 1. The molecule has 11 nitrogen and oxygen atoms in total. The molecule has 39 heavy (non-hydrogen) atoms. The molecule has 2 aliphatic carbocycles. The lowest BCUT2D eigenvalue weighted by atomic mass is 9.80. The molecule has 0 saturated heterocycles. The molecule has 0 saturated carbocycles. The van der Waals surface area contributed by atoms with Gasteiger partial charge in [0.1, 0.15) is 12.4 Å². The predicted octanol–water partition coefficient (Wildman–Crippen LogP) is 1.91. The first-order valence-electron chi connectivity index (χ1n) is 12.5. The molecule has 2 unspecified atom stereocenters. The van der Waals surface area contributed by atoms with E-state index < -0.39 is 17.0 Å². The van der Waals surface area contributed by atoms with Crippen LogP contribution >= 0.6 is 0 Å². The number of amides is 3. The minimum atomic E-state index is -0.644. The zero-order valence-corrected chi connectivity index (χ0v) is 21.6. The summed E-state index contributed by atoms with van der Waals surface area (Å²) in [4.78, 5) is 43.3. The van der Waals surface area contributed by atoms with E-state index >= 15 is 0 Å². The number of carbonyl (C=O) groups is 2. The fourth-order valence-electron chi connectivity index (χ4n) is 4.37. The fraction of sp³-hybridized carbons (Fsp3) is 0.250. The number of hydrogen-bond donors (Lipinski definition) is 6. The molecule has 0 radical (unpaired) electrons. The monoisotopic (exact) mass is 528 g/mol. The first kappa shape index (κ1) is 27.3. The van der Waals surface area contributed by atoms with Crippen molar-refractivity contribution in [1.82, 2.24) is 20.2 Å². The number of anilines is 1. The molecule has 1 aromatic heterocycles. The SMILES string of the molecule is CC1(c2cnc(NC(=O)NC3=CC(N)CC=C3)c(=O)n2CC(=O)NCc2ccc(C(=N)N)cc2)C=CC=CC1. The Labute approximate surface area is 225 Å².